The van der Waals surface area contributed by atoms with E-state index in [0.717, 1.165) is 6.42 Å². The third kappa shape index (κ3) is 3.47. The SMILES string of the molecule is NCCCOc1cccc(-n2ncc(Br)c(Br)c2=O)c1. The average molecular weight is 403 g/mol. The predicted octanol–water partition coefficient (Wildman–Crippen LogP) is 2.49. The average Bonchev–Trinajstić information content (AvgIpc) is 2.46. The summed E-state index contributed by atoms with van der Waals surface area (Å²) in [5.74, 6) is 0.684. The molecule has 0 aliphatic rings. The van der Waals surface area contributed by atoms with Gasteiger partial charge in [0, 0.05) is 6.07 Å². The van der Waals surface area contributed by atoms with Gasteiger partial charge in [0.05, 0.1) is 23.0 Å². The van der Waals surface area contributed by atoms with Crippen LogP contribution < -0.4 is 16.0 Å². The summed E-state index contributed by atoms with van der Waals surface area (Å²) in [4.78, 5) is 12.1. The lowest BCUT2D eigenvalue weighted by Crippen LogP contribution is -2.21. The summed E-state index contributed by atoms with van der Waals surface area (Å²) in [5, 5.41) is 4.10. The molecule has 0 bridgehead atoms. The lowest BCUT2D eigenvalue weighted by Gasteiger charge is -2.09. The predicted molar refractivity (Wildman–Crippen MR) is 84.4 cm³/mol. The van der Waals surface area contributed by atoms with Crippen LogP contribution >= 0.6 is 31.9 Å². The van der Waals surface area contributed by atoms with Crippen LogP contribution in [0, 0.1) is 0 Å². The number of ether oxygens (including phenoxy) is 1. The number of nitrogens with zero attached hydrogens (tertiary/aromatic N) is 2. The van der Waals surface area contributed by atoms with Gasteiger partial charge in [0.1, 0.15) is 10.2 Å². The summed E-state index contributed by atoms with van der Waals surface area (Å²) in [6.07, 6.45) is 2.35. The summed E-state index contributed by atoms with van der Waals surface area (Å²) < 4.78 is 7.92. The van der Waals surface area contributed by atoms with E-state index < -0.39 is 0 Å². The second-order valence-corrected chi connectivity index (χ2v) is 5.66. The molecule has 0 radical (unpaired) electrons. The molecular weight excluding hydrogens is 390 g/mol. The highest BCUT2D eigenvalue weighted by molar-refractivity contribution is 9.13. The van der Waals surface area contributed by atoms with E-state index in [9.17, 15) is 4.79 Å². The van der Waals surface area contributed by atoms with Crippen molar-refractivity contribution in [1.29, 1.82) is 0 Å². The second kappa shape index (κ2) is 7.01. The first-order valence-corrected chi connectivity index (χ1v) is 7.58. The Labute approximate surface area is 133 Å². The van der Waals surface area contributed by atoms with Crippen molar-refractivity contribution in [3.8, 4) is 11.4 Å². The summed E-state index contributed by atoms with van der Waals surface area (Å²) in [6, 6.07) is 7.21. The fraction of sp³-hybridized carbons (Fsp3) is 0.231. The van der Waals surface area contributed by atoms with Gasteiger partial charge in [-0.05, 0) is 57.0 Å². The Hall–Kier alpha value is -1.18. The number of hydrogen-bond acceptors (Lipinski definition) is 4. The van der Waals surface area contributed by atoms with Gasteiger partial charge >= 0.3 is 0 Å². The molecule has 106 valence electrons. The Balaban J connectivity index is 2.32. The van der Waals surface area contributed by atoms with Gasteiger partial charge in [-0.15, -0.1) is 0 Å². The van der Waals surface area contributed by atoms with Crippen molar-refractivity contribution in [2.75, 3.05) is 13.2 Å². The molecule has 1 aromatic heterocycles. The fourth-order valence-electron chi connectivity index (χ4n) is 1.57. The van der Waals surface area contributed by atoms with E-state index in [2.05, 4.69) is 37.0 Å². The standard InChI is InChI=1S/C13H13Br2N3O2/c14-11-8-17-18(13(19)12(11)15)9-3-1-4-10(7-9)20-6-2-5-16/h1,3-4,7-8H,2,5-6,16H2. The number of benzene rings is 1. The van der Waals surface area contributed by atoms with Crippen molar-refractivity contribution < 1.29 is 4.74 Å². The molecule has 0 atom stereocenters. The molecule has 0 spiro atoms. The van der Waals surface area contributed by atoms with Crippen molar-refractivity contribution >= 4 is 31.9 Å². The van der Waals surface area contributed by atoms with E-state index in [0.29, 0.717) is 33.5 Å². The zero-order valence-electron chi connectivity index (χ0n) is 10.6. The molecular formula is C13H13Br2N3O2. The number of hydrogen-bond donors (Lipinski definition) is 1. The third-order valence-electron chi connectivity index (χ3n) is 2.56. The van der Waals surface area contributed by atoms with Gasteiger partial charge in [-0.25, -0.2) is 0 Å². The van der Waals surface area contributed by atoms with Gasteiger partial charge < -0.3 is 10.5 Å². The van der Waals surface area contributed by atoms with Gasteiger partial charge in [0.15, 0.2) is 0 Å². The highest BCUT2D eigenvalue weighted by Gasteiger charge is 2.08. The Morgan fingerprint density at radius 3 is 2.90 bits per heavy atom. The monoisotopic (exact) mass is 401 g/mol. The topological polar surface area (TPSA) is 70.1 Å². The lowest BCUT2D eigenvalue weighted by molar-refractivity contribution is 0.313. The first-order chi connectivity index (χ1) is 9.63. The van der Waals surface area contributed by atoms with E-state index in [1.165, 1.54) is 4.68 Å². The molecule has 1 aromatic carbocycles. The van der Waals surface area contributed by atoms with E-state index in [-0.39, 0.29) is 5.56 Å². The van der Waals surface area contributed by atoms with Crippen LogP contribution in [0.25, 0.3) is 5.69 Å². The Morgan fingerprint density at radius 2 is 2.15 bits per heavy atom. The smallest absolute Gasteiger partial charge is 0.286 e. The molecule has 2 aromatic rings. The Kier molecular flexibility index (Phi) is 5.33. The Bertz CT molecular complexity index is 658. The van der Waals surface area contributed by atoms with Crippen molar-refractivity contribution in [2.45, 2.75) is 6.42 Å². The highest BCUT2D eigenvalue weighted by Crippen LogP contribution is 2.19. The summed E-state index contributed by atoms with van der Waals surface area (Å²) in [7, 11) is 0. The van der Waals surface area contributed by atoms with Gasteiger partial charge in [-0.1, -0.05) is 6.07 Å². The van der Waals surface area contributed by atoms with Crippen LogP contribution in [-0.4, -0.2) is 22.9 Å². The largest absolute Gasteiger partial charge is 0.493 e. The molecule has 2 rings (SSSR count). The number of halogens is 2. The van der Waals surface area contributed by atoms with Gasteiger partial charge in [0.2, 0.25) is 0 Å². The van der Waals surface area contributed by atoms with E-state index in [4.69, 9.17) is 10.5 Å². The number of nitrogens with two attached hydrogens (primary N) is 1. The third-order valence-corrected chi connectivity index (χ3v) is 4.46. The van der Waals surface area contributed by atoms with Crippen molar-refractivity contribution in [1.82, 2.24) is 9.78 Å². The maximum atomic E-state index is 12.1. The molecule has 0 amide bonds. The maximum Gasteiger partial charge on any atom is 0.286 e. The van der Waals surface area contributed by atoms with Crippen molar-refractivity contribution in [2.24, 2.45) is 5.73 Å². The minimum Gasteiger partial charge on any atom is -0.493 e. The molecule has 0 fully saturated rings. The first kappa shape index (κ1) is 15.2. The van der Waals surface area contributed by atoms with Crippen LogP contribution in [0.2, 0.25) is 0 Å². The fourth-order valence-corrected chi connectivity index (χ4v) is 2.11. The summed E-state index contributed by atoms with van der Waals surface area (Å²) in [5.41, 5.74) is 5.83. The molecule has 0 saturated carbocycles. The van der Waals surface area contributed by atoms with Gasteiger partial charge in [-0.2, -0.15) is 9.78 Å². The van der Waals surface area contributed by atoms with Crippen molar-refractivity contribution in [3.05, 3.63) is 49.8 Å². The summed E-state index contributed by atoms with van der Waals surface area (Å²) >= 11 is 6.48. The zero-order chi connectivity index (χ0) is 14.5. The molecule has 1 heterocycles. The van der Waals surface area contributed by atoms with Crippen LogP contribution in [0.4, 0.5) is 0 Å². The minimum atomic E-state index is -0.238. The quantitative estimate of drug-likeness (QED) is 0.780. The summed E-state index contributed by atoms with van der Waals surface area (Å²) in [6.45, 7) is 1.13. The highest BCUT2D eigenvalue weighted by atomic mass is 79.9. The molecule has 7 heteroatoms. The van der Waals surface area contributed by atoms with E-state index >= 15 is 0 Å². The molecule has 0 aliphatic carbocycles. The Morgan fingerprint density at radius 1 is 1.35 bits per heavy atom. The molecule has 5 nitrogen and oxygen atoms in total. The van der Waals surface area contributed by atoms with Crippen molar-refractivity contribution in [3.63, 3.8) is 0 Å². The van der Waals surface area contributed by atoms with Gasteiger partial charge in [-0.3, -0.25) is 4.79 Å². The van der Waals surface area contributed by atoms with Crippen LogP contribution in [0.15, 0.2) is 44.2 Å². The van der Waals surface area contributed by atoms with Crippen LogP contribution in [0.1, 0.15) is 6.42 Å². The van der Waals surface area contributed by atoms with E-state index in [1.807, 2.05) is 12.1 Å². The van der Waals surface area contributed by atoms with Crippen LogP contribution in [0.5, 0.6) is 5.75 Å². The normalized spacial score (nSPS) is 10.6. The second-order valence-electron chi connectivity index (χ2n) is 4.01. The van der Waals surface area contributed by atoms with E-state index in [1.54, 1.807) is 18.3 Å². The zero-order valence-corrected chi connectivity index (χ0v) is 13.7. The van der Waals surface area contributed by atoms with Gasteiger partial charge in [0.25, 0.3) is 5.56 Å². The maximum absolute atomic E-state index is 12.1. The molecule has 0 saturated heterocycles. The molecule has 0 aliphatic heterocycles. The number of aromatic nitrogens is 2. The minimum absolute atomic E-state index is 0.238. The lowest BCUT2D eigenvalue weighted by atomic mass is 10.3. The number of rotatable bonds is 5. The molecule has 0 unspecified atom stereocenters. The van der Waals surface area contributed by atoms with Crippen LogP contribution in [0.3, 0.4) is 0 Å². The molecule has 2 N–H and O–H groups in total. The molecule has 20 heavy (non-hydrogen) atoms. The van der Waals surface area contributed by atoms with Crippen LogP contribution in [-0.2, 0) is 0 Å². The first-order valence-electron chi connectivity index (χ1n) is 6.00.